The van der Waals surface area contributed by atoms with Crippen molar-refractivity contribution in [2.75, 3.05) is 6.61 Å². The van der Waals surface area contributed by atoms with E-state index in [1.807, 2.05) is 6.92 Å². The Morgan fingerprint density at radius 1 is 1.42 bits per heavy atom. The van der Waals surface area contributed by atoms with Crippen LogP contribution in [0, 0.1) is 10.1 Å². The molecular weight excluding hydrogens is 248 g/mol. The topological polar surface area (TPSA) is 85.2 Å². The number of esters is 1. The Morgan fingerprint density at radius 3 is 2.74 bits per heavy atom. The van der Waals surface area contributed by atoms with E-state index in [1.165, 1.54) is 6.07 Å². The van der Waals surface area contributed by atoms with Gasteiger partial charge in [-0.3, -0.25) is 10.1 Å². The lowest BCUT2D eigenvalue weighted by Gasteiger charge is -2.03. The molecule has 1 aromatic heterocycles. The zero-order valence-electron chi connectivity index (χ0n) is 10.7. The minimum absolute atomic E-state index is 0.111. The molecule has 0 saturated heterocycles. The van der Waals surface area contributed by atoms with Crippen molar-refractivity contribution >= 4 is 22.6 Å². The monoisotopic (exact) mass is 262 g/mol. The highest BCUT2D eigenvalue weighted by molar-refractivity contribution is 5.99. The number of non-ortho nitro benzene ring substituents is 1. The van der Waals surface area contributed by atoms with Gasteiger partial charge in [0.25, 0.3) is 5.69 Å². The summed E-state index contributed by atoms with van der Waals surface area (Å²) in [5.41, 5.74) is 1.47. The molecule has 1 N–H and O–H groups in total. The van der Waals surface area contributed by atoms with Gasteiger partial charge in [0.2, 0.25) is 0 Å². The third-order valence-corrected chi connectivity index (χ3v) is 2.94. The molecule has 0 fully saturated rings. The van der Waals surface area contributed by atoms with Gasteiger partial charge in [0.05, 0.1) is 17.1 Å². The average Bonchev–Trinajstić information content (AvgIpc) is 2.80. The molecule has 19 heavy (non-hydrogen) atoms. The number of ether oxygens (including phenoxy) is 1. The van der Waals surface area contributed by atoms with Gasteiger partial charge in [-0.15, -0.1) is 0 Å². The second kappa shape index (κ2) is 5.09. The second-order valence-corrected chi connectivity index (χ2v) is 4.06. The van der Waals surface area contributed by atoms with Gasteiger partial charge in [0.1, 0.15) is 5.52 Å². The summed E-state index contributed by atoms with van der Waals surface area (Å²) in [7, 11) is 0. The smallest absolute Gasteiger partial charge is 0.338 e. The summed E-state index contributed by atoms with van der Waals surface area (Å²) in [4.78, 5) is 25.2. The molecule has 0 atom stereocenters. The Bertz CT molecular complexity index is 645. The van der Waals surface area contributed by atoms with E-state index in [0.29, 0.717) is 10.9 Å². The number of aromatic nitrogens is 1. The van der Waals surface area contributed by atoms with Crippen LogP contribution < -0.4 is 0 Å². The Morgan fingerprint density at radius 2 is 2.16 bits per heavy atom. The molecule has 6 nitrogen and oxygen atoms in total. The van der Waals surface area contributed by atoms with Crippen LogP contribution in [0.5, 0.6) is 0 Å². The van der Waals surface area contributed by atoms with Crippen molar-refractivity contribution < 1.29 is 14.5 Å². The number of nitrogens with one attached hydrogen (secondary N) is 1. The van der Waals surface area contributed by atoms with Crippen molar-refractivity contribution in [1.29, 1.82) is 0 Å². The maximum absolute atomic E-state index is 11.7. The zero-order chi connectivity index (χ0) is 14.0. The van der Waals surface area contributed by atoms with Crippen LogP contribution in [0.2, 0.25) is 0 Å². The van der Waals surface area contributed by atoms with Gasteiger partial charge in [-0.05, 0) is 25.0 Å². The summed E-state index contributed by atoms with van der Waals surface area (Å²) in [6.45, 7) is 3.88. The summed E-state index contributed by atoms with van der Waals surface area (Å²) < 4.78 is 4.89. The van der Waals surface area contributed by atoms with Gasteiger partial charge in [-0.25, -0.2) is 4.79 Å². The first-order valence-corrected chi connectivity index (χ1v) is 6.04. The number of carbonyl (C=O) groups is 1. The predicted molar refractivity (Wildman–Crippen MR) is 70.3 cm³/mol. The van der Waals surface area contributed by atoms with E-state index in [0.717, 1.165) is 12.0 Å². The van der Waals surface area contributed by atoms with E-state index in [1.54, 1.807) is 19.2 Å². The third-order valence-electron chi connectivity index (χ3n) is 2.94. The normalized spacial score (nSPS) is 10.6. The Kier molecular flexibility index (Phi) is 3.50. The number of nitrogens with zero attached hydrogens (tertiary/aromatic N) is 1. The number of aromatic amines is 1. The molecule has 2 rings (SSSR count). The lowest BCUT2D eigenvalue weighted by Crippen LogP contribution is -2.05. The molecule has 2 aromatic rings. The van der Waals surface area contributed by atoms with Crippen molar-refractivity contribution in [3.63, 3.8) is 0 Å². The van der Waals surface area contributed by atoms with Crippen LogP contribution in [0.25, 0.3) is 10.9 Å². The highest BCUT2D eigenvalue weighted by Crippen LogP contribution is 2.29. The van der Waals surface area contributed by atoms with Crippen molar-refractivity contribution in [3.05, 3.63) is 39.6 Å². The van der Waals surface area contributed by atoms with Crippen molar-refractivity contribution in [2.24, 2.45) is 0 Å². The fraction of sp³-hybridized carbons (Fsp3) is 0.308. The van der Waals surface area contributed by atoms with Crippen LogP contribution in [-0.2, 0) is 11.2 Å². The van der Waals surface area contributed by atoms with E-state index in [2.05, 4.69) is 4.98 Å². The molecule has 1 heterocycles. The van der Waals surface area contributed by atoms with Gasteiger partial charge < -0.3 is 9.72 Å². The van der Waals surface area contributed by atoms with Gasteiger partial charge in [-0.1, -0.05) is 6.92 Å². The number of rotatable bonds is 4. The van der Waals surface area contributed by atoms with Crippen LogP contribution in [0.3, 0.4) is 0 Å². The van der Waals surface area contributed by atoms with Crippen LogP contribution in [-0.4, -0.2) is 22.5 Å². The Labute approximate surface area is 109 Å². The quantitative estimate of drug-likeness (QED) is 0.521. The fourth-order valence-corrected chi connectivity index (χ4v) is 2.04. The summed E-state index contributed by atoms with van der Waals surface area (Å²) in [6.07, 6.45) is 2.45. The standard InChI is InChI=1S/C13H14N2O4/c1-3-8-7-14-12-10(8)5-9(13(16)19-4-2)6-11(12)15(17)18/h5-7,14H,3-4H2,1-2H3. The zero-order valence-corrected chi connectivity index (χ0v) is 10.7. The number of H-pyrrole nitrogens is 1. The van der Waals surface area contributed by atoms with Gasteiger partial charge in [0, 0.05) is 17.6 Å². The average molecular weight is 262 g/mol. The summed E-state index contributed by atoms with van der Waals surface area (Å²) >= 11 is 0. The van der Waals surface area contributed by atoms with E-state index in [4.69, 9.17) is 4.74 Å². The first-order chi connectivity index (χ1) is 9.08. The molecule has 0 spiro atoms. The molecule has 0 bridgehead atoms. The molecule has 0 saturated carbocycles. The highest BCUT2D eigenvalue weighted by Gasteiger charge is 2.20. The number of benzene rings is 1. The molecule has 0 radical (unpaired) electrons. The number of nitro groups is 1. The Hall–Kier alpha value is -2.37. The van der Waals surface area contributed by atoms with Crippen molar-refractivity contribution in [2.45, 2.75) is 20.3 Å². The minimum atomic E-state index is -0.546. The van der Waals surface area contributed by atoms with E-state index in [9.17, 15) is 14.9 Å². The maximum Gasteiger partial charge on any atom is 0.338 e. The predicted octanol–water partition coefficient (Wildman–Crippen LogP) is 2.82. The first kappa shape index (κ1) is 13.1. The van der Waals surface area contributed by atoms with Crippen molar-refractivity contribution in [1.82, 2.24) is 4.98 Å². The lowest BCUT2D eigenvalue weighted by atomic mass is 10.1. The van der Waals surface area contributed by atoms with Gasteiger partial charge in [0.15, 0.2) is 0 Å². The molecular formula is C13H14N2O4. The fourth-order valence-electron chi connectivity index (χ4n) is 2.04. The minimum Gasteiger partial charge on any atom is -0.462 e. The van der Waals surface area contributed by atoms with E-state index < -0.39 is 10.9 Å². The molecule has 0 aliphatic carbocycles. The maximum atomic E-state index is 11.7. The van der Waals surface area contributed by atoms with Crippen molar-refractivity contribution in [3.8, 4) is 0 Å². The number of fused-ring (bicyclic) bond motifs is 1. The number of aryl methyl sites for hydroxylation is 1. The van der Waals surface area contributed by atoms with Gasteiger partial charge >= 0.3 is 5.97 Å². The molecule has 0 aliphatic heterocycles. The number of nitro benzene ring substituents is 1. The van der Waals surface area contributed by atoms with E-state index >= 15 is 0 Å². The largest absolute Gasteiger partial charge is 0.462 e. The van der Waals surface area contributed by atoms with Crippen LogP contribution in [0.15, 0.2) is 18.3 Å². The Balaban J connectivity index is 2.67. The second-order valence-electron chi connectivity index (χ2n) is 4.06. The molecule has 0 aliphatic rings. The molecule has 100 valence electrons. The summed E-state index contributed by atoms with van der Waals surface area (Å²) in [5, 5.41) is 11.8. The van der Waals surface area contributed by atoms with E-state index in [-0.39, 0.29) is 17.9 Å². The SMILES string of the molecule is CCOC(=O)c1cc([N+](=O)[O-])c2[nH]cc(CC)c2c1. The number of carbonyl (C=O) groups excluding carboxylic acids is 1. The van der Waals surface area contributed by atoms with Crippen LogP contribution in [0.1, 0.15) is 29.8 Å². The first-order valence-electron chi connectivity index (χ1n) is 6.04. The van der Waals surface area contributed by atoms with Crippen LogP contribution in [0.4, 0.5) is 5.69 Å². The van der Waals surface area contributed by atoms with Gasteiger partial charge in [-0.2, -0.15) is 0 Å². The molecule has 0 unspecified atom stereocenters. The lowest BCUT2D eigenvalue weighted by molar-refractivity contribution is -0.383. The summed E-state index contributed by atoms with van der Waals surface area (Å²) in [6, 6.07) is 2.88. The van der Waals surface area contributed by atoms with Crippen LogP contribution >= 0.6 is 0 Å². The number of hydrogen-bond acceptors (Lipinski definition) is 4. The molecule has 6 heteroatoms. The number of hydrogen-bond donors (Lipinski definition) is 1. The molecule has 0 amide bonds. The molecule has 1 aromatic carbocycles. The third kappa shape index (κ3) is 2.29. The summed E-state index contributed by atoms with van der Waals surface area (Å²) in [5.74, 6) is -0.546. The highest BCUT2D eigenvalue weighted by atomic mass is 16.6.